The second-order valence-corrected chi connectivity index (χ2v) is 6.19. The maximum Gasteiger partial charge on any atom is 0.322 e. The van der Waals surface area contributed by atoms with Gasteiger partial charge in [0.1, 0.15) is 11.6 Å². The predicted octanol–water partition coefficient (Wildman–Crippen LogP) is 4.21. The lowest BCUT2D eigenvalue weighted by molar-refractivity contribution is 0.113. The van der Waals surface area contributed by atoms with E-state index in [9.17, 15) is 9.18 Å². The molecule has 140 valence electrons. The van der Waals surface area contributed by atoms with Crippen LogP contribution in [0.4, 0.5) is 14.9 Å². The minimum absolute atomic E-state index is 0.166. The van der Waals surface area contributed by atoms with Gasteiger partial charge in [-0.25, -0.2) is 9.18 Å². The molecule has 0 fully saturated rings. The van der Waals surface area contributed by atoms with Crippen molar-refractivity contribution in [2.45, 2.75) is 26.4 Å². The highest BCUT2D eigenvalue weighted by atomic mass is 19.1. The number of nitrogens with one attached hydrogen (secondary N) is 1. The van der Waals surface area contributed by atoms with Crippen LogP contribution in [0, 0.1) is 12.7 Å². The van der Waals surface area contributed by atoms with Crippen LogP contribution >= 0.6 is 0 Å². The van der Waals surface area contributed by atoms with Gasteiger partial charge in [-0.05, 0) is 49.2 Å². The summed E-state index contributed by atoms with van der Waals surface area (Å²) in [4.78, 5) is 14.6. The summed E-state index contributed by atoms with van der Waals surface area (Å²) in [6.07, 6.45) is 0. The summed E-state index contributed by atoms with van der Waals surface area (Å²) >= 11 is 0. The Morgan fingerprint density at radius 2 is 1.88 bits per heavy atom. The third-order valence-electron chi connectivity index (χ3n) is 4.06. The molecule has 0 unspecified atom stereocenters. The number of rotatable bonds is 7. The van der Waals surface area contributed by atoms with E-state index in [2.05, 4.69) is 5.32 Å². The lowest BCUT2D eigenvalue weighted by Gasteiger charge is -2.29. The summed E-state index contributed by atoms with van der Waals surface area (Å²) in [5, 5.41) is 2.91. The predicted molar refractivity (Wildman–Crippen MR) is 100 cm³/mol. The quantitative estimate of drug-likeness (QED) is 0.805. The first-order valence-electron chi connectivity index (χ1n) is 8.40. The number of methoxy groups -OCH3 is 2. The molecule has 26 heavy (non-hydrogen) atoms. The molecule has 2 rings (SSSR count). The van der Waals surface area contributed by atoms with Crippen molar-refractivity contribution >= 4 is 11.7 Å². The summed E-state index contributed by atoms with van der Waals surface area (Å²) in [5.41, 5.74) is 2.45. The SMILES string of the molecule is COC[C@@H](C)N(Cc1ccc(F)cc1)C(=O)Nc1cc(C)ccc1OC. The number of hydrogen-bond donors (Lipinski definition) is 1. The van der Waals surface area contributed by atoms with Crippen LogP contribution < -0.4 is 10.1 Å². The summed E-state index contributed by atoms with van der Waals surface area (Å²) in [7, 11) is 3.15. The van der Waals surface area contributed by atoms with Gasteiger partial charge in [0.25, 0.3) is 0 Å². The van der Waals surface area contributed by atoms with Crippen molar-refractivity contribution in [3.8, 4) is 5.75 Å². The lowest BCUT2D eigenvalue weighted by Crippen LogP contribution is -2.43. The van der Waals surface area contributed by atoms with Crippen LogP contribution in [0.2, 0.25) is 0 Å². The minimum atomic E-state index is -0.306. The van der Waals surface area contributed by atoms with Gasteiger partial charge in [0, 0.05) is 13.7 Å². The highest BCUT2D eigenvalue weighted by Crippen LogP contribution is 2.26. The molecule has 0 aliphatic rings. The molecule has 0 bridgehead atoms. The number of nitrogens with zero attached hydrogens (tertiary/aromatic N) is 1. The van der Waals surface area contributed by atoms with Crippen LogP contribution in [0.25, 0.3) is 0 Å². The Morgan fingerprint density at radius 1 is 1.19 bits per heavy atom. The summed E-state index contributed by atoms with van der Waals surface area (Å²) in [5.74, 6) is 0.282. The van der Waals surface area contributed by atoms with E-state index in [1.807, 2.05) is 32.0 Å². The molecule has 0 saturated heterocycles. The Kier molecular flexibility index (Phi) is 6.97. The second-order valence-electron chi connectivity index (χ2n) is 6.19. The number of halogens is 1. The van der Waals surface area contributed by atoms with Crippen molar-refractivity contribution in [2.75, 3.05) is 26.1 Å². The number of carbonyl (C=O) groups is 1. The average Bonchev–Trinajstić information content (AvgIpc) is 2.61. The number of amides is 2. The van der Waals surface area contributed by atoms with Gasteiger partial charge in [-0.2, -0.15) is 0 Å². The normalized spacial score (nSPS) is 11.7. The number of carbonyl (C=O) groups excluding carboxylic acids is 1. The van der Waals surface area contributed by atoms with Crippen LogP contribution in [-0.4, -0.2) is 37.8 Å². The Bertz CT molecular complexity index is 734. The molecule has 0 saturated carbocycles. The standard InChI is InChI=1S/C20H25FN2O3/c1-14-5-10-19(26-4)18(11-14)22-20(24)23(15(2)13-25-3)12-16-6-8-17(21)9-7-16/h5-11,15H,12-13H2,1-4H3,(H,22,24)/t15-/m1/s1. The van der Waals surface area contributed by atoms with Crippen LogP contribution in [-0.2, 0) is 11.3 Å². The fourth-order valence-corrected chi connectivity index (χ4v) is 2.65. The number of aryl methyl sites for hydroxylation is 1. The zero-order valence-corrected chi connectivity index (χ0v) is 15.6. The van der Waals surface area contributed by atoms with E-state index in [0.717, 1.165) is 11.1 Å². The van der Waals surface area contributed by atoms with Crippen molar-refractivity contribution in [3.05, 3.63) is 59.4 Å². The monoisotopic (exact) mass is 360 g/mol. The fourth-order valence-electron chi connectivity index (χ4n) is 2.65. The van der Waals surface area contributed by atoms with E-state index < -0.39 is 0 Å². The summed E-state index contributed by atoms with van der Waals surface area (Å²) in [6.45, 7) is 4.57. The molecule has 2 amide bonds. The van der Waals surface area contributed by atoms with Crippen molar-refractivity contribution in [1.82, 2.24) is 4.90 Å². The average molecular weight is 360 g/mol. The zero-order valence-electron chi connectivity index (χ0n) is 15.6. The first-order valence-corrected chi connectivity index (χ1v) is 8.40. The molecule has 0 spiro atoms. The van der Waals surface area contributed by atoms with Crippen molar-refractivity contribution in [3.63, 3.8) is 0 Å². The summed E-state index contributed by atoms with van der Waals surface area (Å²) < 4.78 is 23.7. The van der Waals surface area contributed by atoms with Crippen LogP contribution in [0.15, 0.2) is 42.5 Å². The van der Waals surface area contributed by atoms with Crippen LogP contribution in [0.5, 0.6) is 5.75 Å². The van der Waals surface area contributed by atoms with Crippen molar-refractivity contribution in [1.29, 1.82) is 0 Å². The van der Waals surface area contributed by atoms with Gasteiger partial charge in [0.05, 0.1) is 25.4 Å². The molecule has 2 aromatic carbocycles. The van der Waals surface area contributed by atoms with Gasteiger partial charge in [-0.3, -0.25) is 0 Å². The second kappa shape index (κ2) is 9.20. The van der Waals surface area contributed by atoms with Crippen molar-refractivity contribution < 1.29 is 18.7 Å². The molecule has 0 aliphatic carbocycles. The Morgan fingerprint density at radius 3 is 2.50 bits per heavy atom. The molecule has 0 aliphatic heterocycles. The van der Waals surface area contributed by atoms with E-state index in [1.54, 1.807) is 31.3 Å². The molecular weight excluding hydrogens is 335 g/mol. The molecule has 2 aromatic rings. The first kappa shape index (κ1) is 19.7. The first-order chi connectivity index (χ1) is 12.4. The number of ether oxygens (including phenoxy) is 2. The van der Waals surface area contributed by atoms with E-state index in [4.69, 9.17) is 9.47 Å². The molecular formula is C20H25FN2O3. The maximum absolute atomic E-state index is 13.1. The van der Waals surface area contributed by atoms with Gasteiger partial charge in [-0.1, -0.05) is 18.2 Å². The maximum atomic E-state index is 13.1. The molecule has 6 heteroatoms. The molecule has 0 heterocycles. The van der Waals surface area contributed by atoms with E-state index in [0.29, 0.717) is 24.6 Å². The largest absolute Gasteiger partial charge is 0.495 e. The van der Waals surface area contributed by atoms with E-state index >= 15 is 0 Å². The van der Waals surface area contributed by atoms with Gasteiger partial charge in [-0.15, -0.1) is 0 Å². The number of anilines is 1. The highest BCUT2D eigenvalue weighted by Gasteiger charge is 2.21. The van der Waals surface area contributed by atoms with Crippen molar-refractivity contribution in [2.24, 2.45) is 0 Å². The molecule has 0 aromatic heterocycles. The highest BCUT2D eigenvalue weighted by molar-refractivity contribution is 5.91. The van der Waals surface area contributed by atoms with E-state index in [-0.39, 0.29) is 17.9 Å². The molecule has 1 atom stereocenters. The number of urea groups is 1. The topological polar surface area (TPSA) is 50.8 Å². The molecule has 5 nitrogen and oxygen atoms in total. The third-order valence-corrected chi connectivity index (χ3v) is 4.06. The van der Waals surface area contributed by atoms with Gasteiger partial charge < -0.3 is 19.7 Å². The smallest absolute Gasteiger partial charge is 0.322 e. The van der Waals surface area contributed by atoms with Crippen LogP contribution in [0.3, 0.4) is 0 Å². The minimum Gasteiger partial charge on any atom is -0.495 e. The summed E-state index contributed by atoms with van der Waals surface area (Å²) in [6, 6.07) is 11.3. The van der Waals surface area contributed by atoms with Gasteiger partial charge in [0.15, 0.2) is 0 Å². The Balaban J connectivity index is 2.22. The fraction of sp³-hybridized carbons (Fsp3) is 0.350. The third kappa shape index (κ3) is 5.20. The van der Waals surface area contributed by atoms with Gasteiger partial charge in [0.2, 0.25) is 0 Å². The number of benzene rings is 2. The molecule has 1 N–H and O–H groups in total. The lowest BCUT2D eigenvalue weighted by atomic mass is 10.2. The van der Waals surface area contributed by atoms with E-state index in [1.165, 1.54) is 12.1 Å². The van der Waals surface area contributed by atoms with Gasteiger partial charge >= 0.3 is 6.03 Å². The Labute approximate surface area is 153 Å². The van der Waals surface area contributed by atoms with Crippen LogP contribution in [0.1, 0.15) is 18.1 Å². The zero-order chi connectivity index (χ0) is 19.1. The molecule has 0 radical (unpaired) electrons. The Hall–Kier alpha value is -2.60. The number of hydrogen-bond acceptors (Lipinski definition) is 3.